The zero-order chi connectivity index (χ0) is 79.7. The van der Waals surface area contributed by atoms with Gasteiger partial charge >= 0.3 is 24.2 Å². The fourth-order valence-corrected chi connectivity index (χ4v) is 9.71. The van der Waals surface area contributed by atoms with Crippen LogP contribution in [-0.4, -0.2) is 225 Å². The van der Waals surface area contributed by atoms with Crippen LogP contribution in [0.5, 0.6) is 0 Å². The summed E-state index contributed by atoms with van der Waals surface area (Å²) >= 11 is 0. The number of amides is 12. The Kier molecular flexibility index (Phi) is 39.9. The van der Waals surface area contributed by atoms with Crippen molar-refractivity contribution in [2.45, 2.75) is 231 Å². The molecule has 1 fully saturated rings. The number of aliphatic hydroxyl groups excluding tert-OH is 4. The van der Waals surface area contributed by atoms with Gasteiger partial charge in [0.25, 0.3) is 0 Å². The zero-order valence-corrected chi connectivity index (χ0v) is 60.5. The van der Waals surface area contributed by atoms with Gasteiger partial charge in [-0.05, 0) is 95.5 Å². The Hall–Kier alpha value is -9.50. The summed E-state index contributed by atoms with van der Waals surface area (Å²) in [5.74, 6) is -19.9. The summed E-state index contributed by atoms with van der Waals surface area (Å²) < 4.78 is 42.9. The van der Waals surface area contributed by atoms with Gasteiger partial charge in [0.1, 0.15) is 53.9 Å². The standard InChI is InChI=1S/C63H105N15O19.C2HF3O2/c1-13-34(8)43-56(90)76-44(35(9)80)55(89)69-29-42(82)74-46(49(84)51(64)85)58(92)73-40(30-79)60(94)96-50(36-21-16-14-17-22-36)47(78-54(88)38(27-31(2)3)70-41(81)24-18-15-19-25-68-62(95)97-63(10,11)12)59(93)77-45(48(83)33(6)7)57(91)72-39(28-32(4)5)53(87)71-37(52(86)75-43)23-20-26-67-61(65)66;3-2(4,5)1(6)7/h14,16-17,21-22,31-35,37-40,43-50,79-80,83-84H,13,15,18-20,23-30H2,1-12H3,(H2,64,85)(H,68,95)(H,69,89)(H,70,81)(H,71,87)(H,72,91)(H,73,92)(H,74,82)(H,75,86)(H,76,90)(H,77,93)(H,78,88)(H4,65,66,67);(H,6,7)/t34-,35-,37+,38-,39-,40-,43-,44-,45-,46-,47-,48+,49-,50+;/m0./s1. The lowest BCUT2D eigenvalue weighted by Gasteiger charge is -2.33. The highest BCUT2D eigenvalue weighted by Gasteiger charge is 2.44. The number of aliphatic hydroxyl groups is 4. The number of cyclic esters (lactones) is 1. The molecule has 1 aliphatic heterocycles. The molecule has 14 atom stereocenters. The molecule has 1 heterocycles. The van der Waals surface area contributed by atoms with Crippen molar-refractivity contribution in [2.24, 2.45) is 45.9 Å². The smallest absolute Gasteiger partial charge is 0.475 e. The number of hydrogen-bond donors (Lipinski definition) is 19. The van der Waals surface area contributed by atoms with Gasteiger partial charge in [-0.1, -0.05) is 98.6 Å². The maximum absolute atomic E-state index is 15.4. The molecule has 2 rings (SSSR count). The van der Waals surface area contributed by atoms with Crippen LogP contribution >= 0.6 is 0 Å². The number of carboxylic acids is 1. The third kappa shape index (κ3) is 34.2. The molecule has 36 nitrogen and oxygen atoms in total. The Morgan fingerprint density at radius 1 is 0.683 bits per heavy atom. The highest BCUT2D eigenvalue weighted by molar-refractivity contribution is 6.00. The number of aliphatic imine (C=N–C) groups is 1. The molecule has 1 aliphatic rings. The highest BCUT2D eigenvalue weighted by Crippen LogP contribution is 2.25. The van der Waals surface area contributed by atoms with Gasteiger partial charge in [-0.15, -0.1) is 0 Å². The van der Waals surface area contributed by atoms with E-state index in [0.29, 0.717) is 19.3 Å². The maximum Gasteiger partial charge on any atom is 0.490 e. The summed E-state index contributed by atoms with van der Waals surface area (Å²) in [6.07, 6.45) is -12.9. The molecule has 104 heavy (non-hydrogen) atoms. The van der Waals surface area contributed by atoms with Crippen LogP contribution in [0.1, 0.15) is 153 Å². The van der Waals surface area contributed by atoms with Gasteiger partial charge in [0, 0.05) is 19.5 Å². The number of alkyl halides is 3. The first-order valence-corrected chi connectivity index (χ1v) is 33.8. The van der Waals surface area contributed by atoms with E-state index < -0.39 is 204 Å². The Morgan fingerprint density at radius 2 is 1.23 bits per heavy atom. The molecular formula is C65H106F3N15O21. The minimum absolute atomic E-state index is 0.0390. The topological polar surface area (TPSA) is 581 Å². The molecule has 588 valence electrons. The van der Waals surface area contributed by atoms with Crippen LogP contribution in [0.25, 0.3) is 0 Å². The lowest BCUT2D eigenvalue weighted by molar-refractivity contribution is -0.192. The molecule has 0 bridgehead atoms. The Balaban J connectivity index is 0.00000731. The molecule has 0 radical (unpaired) electrons. The first-order chi connectivity index (χ1) is 48.3. The average molecular weight is 1490 g/mol. The predicted molar refractivity (Wildman–Crippen MR) is 365 cm³/mol. The van der Waals surface area contributed by atoms with Crippen molar-refractivity contribution in [3.05, 3.63) is 35.9 Å². The predicted octanol–water partition coefficient (Wildman–Crippen LogP) is -3.09. The Morgan fingerprint density at radius 3 is 1.75 bits per heavy atom. The molecule has 12 amide bonds. The van der Waals surface area contributed by atoms with Crippen LogP contribution in [-0.2, 0) is 71.8 Å². The largest absolute Gasteiger partial charge is 0.490 e. The lowest BCUT2D eigenvalue weighted by atomic mass is 9.95. The van der Waals surface area contributed by atoms with Crippen molar-refractivity contribution < 1.29 is 115 Å². The number of nitrogens with two attached hydrogens (primary N) is 3. The molecule has 1 aromatic rings. The number of carboxylic acid groups (broad SMARTS) is 1. The number of carbonyl (C=O) groups excluding carboxylic acids is 13. The summed E-state index contributed by atoms with van der Waals surface area (Å²) in [5, 5.41) is 78.1. The number of carbonyl (C=O) groups is 14. The van der Waals surface area contributed by atoms with E-state index in [9.17, 15) is 91.1 Å². The van der Waals surface area contributed by atoms with Crippen molar-refractivity contribution >= 4 is 89.0 Å². The van der Waals surface area contributed by atoms with Crippen LogP contribution in [0.4, 0.5) is 18.0 Å². The van der Waals surface area contributed by atoms with Crippen molar-refractivity contribution in [1.82, 2.24) is 58.5 Å². The van der Waals surface area contributed by atoms with Gasteiger partial charge in [-0.2, -0.15) is 13.2 Å². The molecule has 0 spiro atoms. The fourth-order valence-electron chi connectivity index (χ4n) is 9.71. The van der Waals surface area contributed by atoms with E-state index in [1.54, 1.807) is 62.3 Å². The minimum Gasteiger partial charge on any atom is -0.475 e. The normalized spacial score (nSPS) is 22.6. The average Bonchev–Trinajstić information content (AvgIpc) is 0.806. The number of benzene rings is 1. The van der Waals surface area contributed by atoms with Crippen LogP contribution in [0.15, 0.2) is 35.3 Å². The lowest BCUT2D eigenvalue weighted by Crippen LogP contribution is -2.64. The molecular weight excluding hydrogens is 1380 g/mol. The van der Waals surface area contributed by atoms with Gasteiger partial charge in [-0.25, -0.2) is 14.4 Å². The second-order valence-electron chi connectivity index (χ2n) is 26.9. The quantitative estimate of drug-likeness (QED) is 0.0189. The third-order valence-corrected chi connectivity index (χ3v) is 15.4. The fraction of sp³-hybridized carbons (Fsp3) is 0.677. The van der Waals surface area contributed by atoms with Crippen molar-refractivity contribution in [2.75, 3.05) is 26.2 Å². The molecule has 22 N–H and O–H groups in total. The summed E-state index contributed by atoms with van der Waals surface area (Å²) in [5.41, 5.74) is 15.7. The first-order valence-electron chi connectivity index (χ1n) is 33.8. The third-order valence-electron chi connectivity index (χ3n) is 15.4. The maximum atomic E-state index is 15.4. The zero-order valence-electron chi connectivity index (χ0n) is 60.5. The number of hydrogen-bond acceptors (Lipinski definition) is 21. The Labute approximate surface area is 600 Å². The molecule has 0 aromatic heterocycles. The summed E-state index contributed by atoms with van der Waals surface area (Å²) in [7, 11) is 0. The van der Waals surface area contributed by atoms with E-state index in [1.165, 1.54) is 44.2 Å². The second-order valence-corrected chi connectivity index (χ2v) is 26.9. The molecule has 1 saturated heterocycles. The van der Waals surface area contributed by atoms with Crippen molar-refractivity contribution in [3.63, 3.8) is 0 Å². The highest BCUT2D eigenvalue weighted by atomic mass is 19.4. The number of unbranched alkanes of at least 4 members (excludes halogenated alkanes) is 2. The summed E-state index contributed by atoms with van der Waals surface area (Å²) in [6.45, 7) is 17.0. The van der Waals surface area contributed by atoms with Crippen molar-refractivity contribution in [3.8, 4) is 0 Å². The van der Waals surface area contributed by atoms with E-state index in [1.807, 2.05) is 10.6 Å². The van der Waals surface area contributed by atoms with Crippen LogP contribution in [0.3, 0.4) is 0 Å². The number of aliphatic carboxylic acids is 1. The van der Waals surface area contributed by atoms with E-state index in [4.69, 9.17) is 36.6 Å². The molecule has 1 aromatic carbocycles. The van der Waals surface area contributed by atoms with Crippen LogP contribution < -0.4 is 75.7 Å². The SMILES string of the molecule is CC[C@H](C)[C@@H]1NC(=O)[C@@H](CCCN=C(N)N)NC(=O)[C@H](CC(C)C)NC(=O)[C@H]([C@H](O)C(C)C)NC(=O)[C@@H](NC(=O)[C@H](CC(C)C)NC(=O)CCCCCNC(=O)OC(C)(C)C)[C@@H](c2ccccc2)OC(=O)[C@H](CO)NC(=O)[C@H]([C@H](O)C(N)=O)NC(=O)CNC(=O)[C@H]([C@H](C)O)NC1=O.O=C(O)C(F)(F)F. The second kappa shape index (κ2) is 44.9. The van der Waals surface area contributed by atoms with Crippen LogP contribution in [0, 0.1) is 23.7 Å². The van der Waals surface area contributed by atoms with Gasteiger partial charge < -0.3 is 111 Å². The van der Waals surface area contributed by atoms with E-state index in [-0.39, 0.29) is 69.1 Å². The van der Waals surface area contributed by atoms with Crippen molar-refractivity contribution in [1.29, 1.82) is 0 Å². The molecule has 0 aliphatic carbocycles. The summed E-state index contributed by atoms with van der Waals surface area (Å²) in [4.78, 5) is 196. The number of rotatable bonds is 26. The number of halogens is 3. The number of guanidine groups is 1. The van der Waals surface area contributed by atoms with Gasteiger partial charge in [-0.3, -0.25) is 57.7 Å². The summed E-state index contributed by atoms with van der Waals surface area (Å²) in [6, 6.07) is -9.71. The Bertz CT molecular complexity index is 3080. The molecule has 0 saturated carbocycles. The van der Waals surface area contributed by atoms with Gasteiger partial charge in [0.15, 0.2) is 24.2 Å². The number of nitrogens with zero attached hydrogens (tertiary/aromatic N) is 1. The number of nitrogens with one attached hydrogen (secondary N) is 11. The number of esters is 1. The molecule has 0 unspecified atom stereocenters. The molecule has 39 heteroatoms. The van der Waals surface area contributed by atoms with E-state index in [2.05, 4.69) is 52.8 Å². The van der Waals surface area contributed by atoms with Crippen LogP contribution in [0.2, 0.25) is 0 Å². The minimum atomic E-state index is -5.08. The number of ether oxygens (including phenoxy) is 2. The van der Waals surface area contributed by atoms with E-state index in [0.717, 1.165) is 6.92 Å². The van der Waals surface area contributed by atoms with Gasteiger partial charge in [0.05, 0.1) is 25.4 Å². The monoisotopic (exact) mass is 1490 g/mol. The number of alkyl carbamates (subject to hydrolysis) is 1. The van der Waals surface area contributed by atoms with E-state index >= 15 is 4.79 Å². The van der Waals surface area contributed by atoms with Gasteiger partial charge in [0.2, 0.25) is 65.0 Å². The number of primary amides is 1. The first kappa shape index (κ1) is 92.5.